The van der Waals surface area contributed by atoms with Gasteiger partial charge in [0.1, 0.15) is 22.7 Å². The standard InChI is InChI=1S/C23H29N3O3S/c1-3-11-26(22-10-6-18(15-25-22)23(24)30)12-4-13-28-19-7-8-20-17(14-19)5-9-21(20)29-16(2)27/h6-8,10,14-15,21H,3-5,9,11-13H2,1-2H3,(H2,24,30)/t21-/m0/s1. The SMILES string of the molecule is CCCN(CCCOc1ccc2c(c1)CC[C@@H]2OC(C)=O)c1ccc(C(N)=S)cn1. The van der Waals surface area contributed by atoms with Crippen molar-refractivity contribution in [3.05, 3.63) is 53.2 Å². The van der Waals surface area contributed by atoms with Crippen LogP contribution in [0.1, 0.15) is 55.9 Å². The predicted octanol–water partition coefficient (Wildman–Crippen LogP) is 3.95. The zero-order valence-electron chi connectivity index (χ0n) is 17.6. The van der Waals surface area contributed by atoms with E-state index in [1.54, 1.807) is 6.20 Å². The summed E-state index contributed by atoms with van der Waals surface area (Å²) in [6.07, 6.45) is 5.26. The van der Waals surface area contributed by atoms with Crippen LogP contribution in [0.25, 0.3) is 0 Å². The summed E-state index contributed by atoms with van der Waals surface area (Å²) in [5, 5.41) is 0. The summed E-state index contributed by atoms with van der Waals surface area (Å²) in [7, 11) is 0. The number of rotatable bonds is 10. The molecular formula is C23H29N3O3S. The number of ether oxygens (including phenoxy) is 2. The Morgan fingerprint density at radius 2 is 2.13 bits per heavy atom. The molecule has 0 fully saturated rings. The zero-order chi connectivity index (χ0) is 21.5. The van der Waals surface area contributed by atoms with E-state index in [0.717, 1.165) is 61.5 Å². The van der Waals surface area contributed by atoms with Gasteiger partial charge in [0.15, 0.2) is 0 Å². The normalized spacial score (nSPS) is 14.8. The van der Waals surface area contributed by atoms with Gasteiger partial charge in [-0.05, 0) is 61.1 Å². The van der Waals surface area contributed by atoms with E-state index >= 15 is 0 Å². The molecule has 1 aliphatic carbocycles. The average Bonchev–Trinajstić information content (AvgIpc) is 3.11. The third-order valence-corrected chi connectivity index (χ3v) is 5.37. The number of anilines is 1. The molecule has 0 spiro atoms. The Morgan fingerprint density at radius 3 is 2.80 bits per heavy atom. The molecule has 0 aliphatic heterocycles. The summed E-state index contributed by atoms with van der Waals surface area (Å²) in [6.45, 7) is 6.01. The fraction of sp³-hybridized carbons (Fsp3) is 0.435. The first-order chi connectivity index (χ1) is 14.5. The number of fused-ring (bicyclic) bond motifs is 1. The number of thiocarbonyl (C=S) groups is 1. The number of aromatic nitrogens is 1. The highest BCUT2D eigenvalue weighted by atomic mass is 32.1. The van der Waals surface area contributed by atoms with Crippen LogP contribution in [0.2, 0.25) is 0 Å². The molecule has 30 heavy (non-hydrogen) atoms. The molecule has 0 bridgehead atoms. The Bertz CT molecular complexity index is 886. The van der Waals surface area contributed by atoms with E-state index in [2.05, 4.69) is 22.9 Å². The van der Waals surface area contributed by atoms with Gasteiger partial charge in [-0.25, -0.2) is 4.98 Å². The molecule has 0 saturated heterocycles. The summed E-state index contributed by atoms with van der Waals surface area (Å²) >= 11 is 4.99. The minimum atomic E-state index is -0.236. The number of benzene rings is 1. The Balaban J connectivity index is 1.51. The number of hydrogen-bond donors (Lipinski definition) is 1. The second kappa shape index (κ2) is 10.4. The number of pyridine rings is 1. The van der Waals surface area contributed by atoms with Gasteiger partial charge < -0.3 is 20.1 Å². The number of aryl methyl sites for hydroxylation is 1. The molecule has 7 heteroatoms. The largest absolute Gasteiger partial charge is 0.494 e. The first-order valence-electron chi connectivity index (χ1n) is 10.4. The number of nitrogens with two attached hydrogens (primary N) is 1. The van der Waals surface area contributed by atoms with Crippen molar-refractivity contribution in [2.45, 2.75) is 45.6 Å². The van der Waals surface area contributed by atoms with Crippen molar-refractivity contribution < 1.29 is 14.3 Å². The van der Waals surface area contributed by atoms with E-state index in [1.807, 2.05) is 24.3 Å². The molecule has 1 aromatic carbocycles. The van der Waals surface area contributed by atoms with Gasteiger partial charge in [0, 0.05) is 31.8 Å². The Labute approximate surface area is 183 Å². The quantitative estimate of drug-likeness (QED) is 0.349. The fourth-order valence-electron chi connectivity index (χ4n) is 3.74. The Hall–Kier alpha value is -2.67. The minimum Gasteiger partial charge on any atom is -0.494 e. The Kier molecular flexibility index (Phi) is 7.63. The van der Waals surface area contributed by atoms with Crippen molar-refractivity contribution in [2.24, 2.45) is 5.73 Å². The molecule has 0 saturated carbocycles. The highest BCUT2D eigenvalue weighted by Crippen LogP contribution is 2.36. The summed E-state index contributed by atoms with van der Waals surface area (Å²) in [5.41, 5.74) is 8.73. The monoisotopic (exact) mass is 427 g/mol. The molecule has 0 amide bonds. The molecule has 0 radical (unpaired) electrons. The lowest BCUT2D eigenvalue weighted by Crippen LogP contribution is -2.27. The lowest BCUT2D eigenvalue weighted by Gasteiger charge is -2.23. The fourth-order valence-corrected chi connectivity index (χ4v) is 3.86. The number of carbonyl (C=O) groups is 1. The van der Waals surface area contributed by atoms with Crippen LogP contribution in [0.5, 0.6) is 5.75 Å². The second-order valence-corrected chi connectivity index (χ2v) is 7.90. The zero-order valence-corrected chi connectivity index (χ0v) is 18.4. The number of carbonyl (C=O) groups excluding carboxylic acids is 1. The highest BCUT2D eigenvalue weighted by molar-refractivity contribution is 7.80. The molecular weight excluding hydrogens is 398 g/mol. The van der Waals surface area contributed by atoms with E-state index in [9.17, 15) is 4.79 Å². The van der Waals surface area contributed by atoms with E-state index < -0.39 is 0 Å². The van der Waals surface area contributed by atoms with Crippen molar-refractivity contribution in [3.8, 4) is 5.75 Å². The molecule has 2 N–H and O–H groups in total. The van der Waals surface area contributed by atoms with Crippen molar-refractivity contribution >= 4 is 29.0 Å². The summed E-state index contributed by atoms with van der Waals surface area (Å²) in [6, 6.07) is 9.92. The molecule has 160 valence electrons. The van der Waals surface area contributed by atoms with Crippen LogP contribution < -0.4 is 15.4 Å². The van der Waals surface area contributed by atoms with Gasteiger partial charge in [-0.15, -0.1) is 0 Å². The topological polar surface area (TPSA) is 77.7 Å². The van der Waals surface area contributed by atoms with E-state index in [0.29, 0.717) is 11.6 Å². The first kappa shape index (κ1) is 22.0. The molecule has 1 aliphatic rings. The molecule has 1 aromatic heterocycles. The first-order valence-corrected chi connectivity index (χ1v) is 10.8. The maximum absolute atomic E-state index is 11.2. The van der Waals surface area contributed by atoms with Crippen LogP contribution in [-0.4, -0.2) is 35.6 Å². The minimum absolute atomic E-state index is 0.123. The molecule has 6 nitrogen and oxygen atoms in total. The lowest BCUT2D eigenvalue weighted by atomic mass is 10.1. The maximum atomic E-state index is 11.2. The van der Waals surface area contributed by atoms with Crippen LogP contribution in [0, 0.1) is 0 Å². The highest BCUT2D eigenvalue weighted by Gasteiger charge is 2.25. The van der Waals surface area contributed by atoms with Gasteiger partial charge >= 0.3 is 5.97 Å². The Morgan fingerprint density at radius 1 is 1.30 bits per heavy atom. The van der Waals surface area contributed by atoms with Crippen molar-refractivity contribution in [1.29, 1.82) is 0 Å². The van der Waals surface area contributed by atoms with E-state index in [1.165, 1.54) is 12.5 Å². The van der Waals surface area contributed by atoms with Crippen LogP contribution >= 0.6 is 12.2 Å². The molecule has 3 rings (SSSR count). The van der Waals surface area contributed by atoms with E-state index in [-0.39, 0.29) is 12.1 Å². The van der Waals surface area contributed by atoms with Crippen molar-refractivity contribution in [1.82, 2.24) is 4.98 Å². The van der Waals surface area contributed by atoms with Crippen LogP contribution in [-0.2, 0) is 16.0 Å². The summed E-state index contributed by atoms with van der Waals surface area (Å²) in [4.78, 5) is 18.3. The van der Waals surface area contributed by atoms with Gasteiger partial charge in [-0.1, -0.05) is 25.2 Å². The van der Waals surface area contributed by atoms with Gasteiger partial charge in [0.25, 0.3) is 0 Å². The third kappa shape index (κ3) is 5.69. The van der Waals surface area contributed by atoms with Gasteiger partial charge in [-0.2, -0.15) is 0 Å². The van der Waals surface area contributed by atoms with Crippen molar-refractivity contribution in [3.63, 3.8) is 0 Å². The number of hydrogen-bond acceptors (Lipinski definition) is 6. The summed E-state index contributed by atoms with van der Waals surface area (Å²) in [5.74, 6) is 1.55. The van der Waals surface area contributed by atoms with Gasteiger partial charge in [0.05, 0.1) is 6.61 Å². The number of nitrogens with zero attached hydrogens (tertiary/aromatic N) is 2. The molecule has 2 aromatic rings. The smallest absolute Gasteiger partial charge is 0.303 e. The lowest BCUT2D eigenvalue weighted by molar-refractivity contribution is -0.146. The second-order valence-electron chi connectivity index (χ2n) is 7.46. The molecule has 1 atom stereocenters. The number of esters is 1. The molecule has 0 unspecified atom stereocenters. The predicted molar refractivity (Wildman–Crippen MR) is 122 cm³/mol. The van der Waals surface area contributed by atoms with Crippen LogP contribution in [0.4, 0.5) is 5.82 Å². The maximum Gasteiger partial charge on any atom is 0.303 e. The average molecular weight is 428 g/mol. The third-order valence-electron chi connectivity index (χ3n) is 5.14. The van der Waals surface area contributed by atoms with Crippen LogP contribution in [0.15, 0.2) is 36.5 Å². The summed E-state index contributed by atoms with van der Waals surface area (Å²) < 4.78 is 11.4. The van der Waals surface area contributed by atoms with Crippen LogP contribution in [0.3, 0.4) is 0 Å². The van der Waals surface area contributed by atoms with E-state index in [4.69, 9.17) is 27.4 Å². The van der Waals surface area contributed by atoms with Gasteiger partial charge in [-0.3, -0.25) is 4.79 Å². The molecule has 1 heterocycles. The van der Waals surface area contributed by atoms with Gasteiger partial charge in [0.2, 0.25) is 0 Å². The van der Waals surface area contributed by atoms with Crippen molar-refractivity contribution in [2.75, 3.05) is 24.6 Å².